The van der Waals surface area contributed by atoms with Gasteiger partial charge in [-0.2, -0.15) is 0 Å². The molecule has 2 aromatic rings. The molecule has 0 aromatic heterocycles. The van der Waals surface area contributed by atoms with Crippen LogP contribution in [-0.4, -0.2) is 13.7 Å². The maximum absolute atomic E-state index is 5.73. The van der Waals surface area contributed by atoms with Crippen LogP contribution in [0.25, 0.3) is 0 Å². The molecule has 0 saturated heterocycles. The zero-order valence-electron chi connectivity index (χ0n) is 11.1. The van der Waals surface area contributed by atoms with Crippen molar-refractivity contribution in [2.24, 2.45) is 0 Å². The first kappa shape index (κ1) is 13.4. The van der Waals surface area contributed by atoms with E-state index in [9.17, 15) is 0 Å². The number of nitrogen functional groups attached to an aromatic ring is 1. The molecule has 0 amide bonds. The summed E-state index contributed by atoms with van der Waals surface area (Å²) in [6.45, 7) is 1.27. The van der Waals surface area contributed by atoms with Gasteiger partial charge in [0.1, 0.15) is 12.4 Å². The maximum Gasteiger partial charge on any atom is 0.119 e. The first-order valence-electron chi connectivity index (χ1n) is 6.33. The molecule has 2 N–H and O–H groups in total. The van der Waals surface area contributed by atoms with E-state index < -0.39 is 0 Å². The smallest absolute Gasteiger partial charge is 0.119 e. The molecule has 0 fully saturated rings. The number of hydrogen-bond donors (Lipinski definition) is 1. The van der Waals surface area contributed by atoms with Crippen LogP contribution in [0.4, 0.5) is 5.69 Å². The largest absolute Gasteiger partial charge is 0.489 e. The molecular weight excluding hydrogens is 238 g/mol. The highest BCUT2D eigenvalue weighted by molar-refractivity contribution is 5.40. The van der Waals surface area contributed by atoms with Crippen LogP contribution in [0.3, 0.4) is 0 Å². The van der Waals surface area contributed by atoms with Crippen molar-refractivity contribution in [2.75, 3.05) is 19.5 Å². The summed E-state index contributed by atoms with van der Waals surface area (Å²) in [5.74, 6) is 0.864. The van der Waals surface area contributed by atoms with Crippen LogP contribution in [0.15, 0.2) is 48.5 Å². The third-order valence-corrected chi connectivity index (χ3v) is 2.87. The SMILES string of the molecule is COCCc1ccc(OCc2cccc(N)c2)cc1. The first-order valence-corrected chi connectivity index (χ1v) is 6.33. The van der Waals surface area contributed by atoms with E-state index >= 15 is 0 Å². The third-order valence-electron chi connectivity index (χ3n) is 2.87. The summed E-state index contributed by atoms with van der Waals surface area (Å²) < 4.78 is 10.8. The van der Waals surface area contributed by atoms with Crippen molar-refractivity contribution in [1.29, 1.82) is 0 Å². The van der Waals surface area contributed by atoms with Gasteiger partial charge in [0.05, 0.1) is 6.61 Å². The lowest BCUT2D eigenvalue weighted by Crippen LogP contribution is -1.97. The maximum atomic E-state index is 5.73. The Morgan fingerprint density at radius 2 is 1.79 bits per heavy atom. The Morgan fingerprint density at radius 1 is 1.00 bits per heavy atom. The van der Waals surface area contributed by atoms with Crippen molar-refractivity contribution in [1.82, 2.24) is 0 Å². The van der Waals surface area contributed by atoms with E-state index in [-0.39, 0.29) is 0 Å². The number of hydrogen-bond acceptors (Lipinski definition) is 3. The molecule has 2 rings (SSSR count). The van der Waals surface area contributed by atoms with Gasteiger partial charge in [0.15, 0.2) is 0 Å². The molecule has 100 valence electrons. The van der Waals surface area contributed by atoms with Crippen LogP contribution in [0.1, 0.15) is 11.1 Å². The Kier molecular flexibility index (Phi) is 4.81. The normalized spacial score (nSPS) is 10.4. The van der Waals surface area contributed by atoms with Gasteiger partial charge >= 0.3 is 0 Å². The fraction of sp³-hybridized carbons (Fsp3) is 0.250. The number of benzene rings is 2. The van der Waals surface area contributed by atoms with Gasteiger partial charge < -0.3 is 15.2 Å². The summed E-state index contributed by atoms with van der Waals surface area (Å²) in [4.78, 5) is 0. The molecule has 0 unspecified atom stereocenters. The average molecular weight is 257 g/mol. The minimum Gasteiger partial charge on any atom is -0.489 e. The zero-order valence-corrected chi connectivity index (χ0v) is 11.1. The molecular formula is C16H19NO2. The molecule has 0 aliphatic carbocycles. The Morgan fingerprint density at radius 3 is 2.47 bits per heavy atom. The van der Waals surface area contributed by atoms with Crippen LogP contribution in [0, 0.1) is 0 Å². The highest BCUT2D eigenvalue weighted by Gasteiger charge is 1.98. The molecule has 19 heavy (non-hydrogen) atoms. The Balaban J connectivity index is 1.89. The van der Waals surface area contributed by atoms with E-state index in [2.05, 4.69) is 12.1 Å². The summed E-state index contributed by atoms with van der Waals surface area (Å²) in [7, 11) is 1.71. The van der Waals surface area contributed by atoms with Crippen molar-refractivity contribution < 1.29 is 9.47 Å². The summed E-state index contributed by atoms with van der Waals surface area (Å²) in [6, 6.07) is 15.8. The Labute approximate surface area is 114 Å². The molecule has 0 saturated carbocycles. The van der Waals surface area contributed by atoms with Crippen LogP contribution in [0.2, 0.25) is 0 Å². The molecule has 2 aromatic carbocycles. The van der Waals surface area contributed by atoms with Gasteiger partial charge in [-0.3, -0.25) is 0 Å². The molecule has 0 bridgehead atoms. The monoisotopic (exact) mass is 257 g/mol. The number of nitrogens with two attached hydrogens (primary N) is 1. The minimum absolute atomic E-state index is 0.530. The topological polar surface area (TPSA) is 44.5 Å². The van der Waals surface area contributed by atoms with E-state index in [0.717, 1.165) is 30.0 Å². The highest BCUT2D eigenvalue weighted by atomic mass is 16.5. The second-order valence-corrected chi connectivity index (χ2v) is 4.42. The van der Waals surface area contributed by atoms with E-state index in [0.29, 0.717) is 6.61 Å². The molecule has 0 atom stereocenters. The molecule has 0 spiro atoms. The van der Waals surface area contributed by atoms with Crippen molar-refractivity contribution >= 4 is 5.69 Å². The van der Waals surface area contributed by atoms with Crippen LogP contribution in [-0.2, 0) is 17.8 Å². The Hall–Kier alpha value is -2.00. The molecule has 0 aliphatic rings. The molecule has 0 heterocycles. The fourth-order valence-electron chi connectivity index (χ4n) is 1.82. The zero-order chi connectivity index (χ0) is 13.5. The lowest BCUT2D eigenvalue weighted by Gasteiger charge is -2.08. The molecule has 0 aliphatic heterocycles. The van der Waals surface area contributed by atoms with Gasteiger partial charge in [0, 0.05) is 12.8 Å². The number of rotatable bonds is 6. The van der Waals surface area contributed by atoms with Gasteiger partial charge in [0.25, 0.3) is 0 Å². The quantitative estimate of drug-likeness (QED) is 0.809. The van der Waals surface area contributed by atoms with Crippen molar-refractivity contribution in [3.8, 4) is 5.75 Å². The number of anilines is 1. The fourth-order valence-corrected chi connectivity index (χ4v) is 1.82. The average Bonchev–Trinajstić information content (AvgIpc) is 2.44. The van der Waals surface area contributed by atoms with Gasteiger partial charge in [-0.1, -0.05) is 24.3 Å². The number of methoxy groups -OCH3 is 1. The van der Waals surface area contributed by atoms with Crippen molar-refractivity contribution in [3.63, 3.8) is 0 Å². The molecule has 3 heteroatoms. The number of ether oxygens (including phenoxy) is 2. The van der Waals surface area contributed by atoms with Gasteiger partial charge in [-0.15, -0.1) is 0 Å². The minimum atomic E-state index is 0.530. The predicted molar refractivity (Wildman–Crippen MR) is 77.2 cm³/mol. The summed E-state index contributed by atoms with van der Waals surface area (Å²) in [5, 5.41) is 0. The lowest BCUT2D eigenvalue weighted by atomic mass is 10.1. The van der Waals surface area contributed by atoms with E-state index in [1.165, 1.54) is 5.56 Å². The van der Waals surface area contributed by atoms with E-state index in [4.69, 9.17) is 15.2 Å². The molecule has 3 nitrogen and oxygen atoms in total. The third kappa shape index (κ3) is 4.30. The van der Waals surface area contributed by atoms with Crippen LogP contribution in [0.5, 0.6) is 5.75 Å². The van der Waals surface area contributed by atoms with Gasteiger partial charge in [-0.05, 0) is 41.8 Å². The van der Waals surface area contributed by atoms with E-state index in [1.807, 2.05) is 36.4 Å². The standard InChI is InChI=1S/C16H19NO2/c1-18-10-9-13-5-7-16(8-6-13)19-12-14-3-2-4-15(17)11-14/h2-8,11H,9-10,12,17H2,1H3. The second-order valence-electron chi connectivity index (χ2n) is 4.42. The summed E-state index contributed by atoms with van der Waals surface area (Å²) >= 11 is 0. The summed E-state index contributed by atoms with van der Waals surface area (Å²) in [6.07, 6.45) is 0.923. The highest BCUT2D eigenvalue weighted by Crippen LogP contribution is 2.15. The predicted octanol–water partition coefficient (Wildman–Crippen LogP) is 3.04. The van der Waals surface area contributed by atoms with Crippen LogP contribution >= 0.6 is 0 Å². The molecule has 0 radical (unpaired) electrons. The Bertz CT molecular complexity index is 508. The first-order chi connectivity index (χ1) is 9.28. The van der Waals surface area contributed by atoms with Gasteiger partial charge in [0.2, 0.25) is 0 Å². The van der Waals surface area contributed by atoms with Crippen molar-refractivity contribution in [2.45, 2.75) is 13.0 Å². The van der Waals surface area contributed by atoms with Crippen molar-refractivity contribution in [3.05, 3.63) is 59.7 Å². The van der Waals surface area contributed by atoms with Gasteiger partial charge in [-0.25, -0.2) is 0 Å². The lowest BCUT2D eigenvalue weighted by molar-refractivity contribution is 0.202. The van der Waals surface area contributed by atoms with Crippen LogP contribution < -0.4 is 10.5 Å². The summed E-state index contributed by atoms with van der Waals surface area (Å²) in [5.41, 5.74) is 8.81. The van der Waals surface area contributed by atoms with E-state index in [1.54, 1.807) is 7.11 Å². The second kappa shape index (κ2) is 6.81.